The Morgan fingerprint density at radius 1 is 1.10 bits per heavy atom. The Morgan fingerprint density at radius 2 is 1.90 bits per heavy atom. The molecule has 3 rings (SSSR count). The van der Waals surface area contributed by atoms with Crippen LogP contribution in [0.25, 0.3) is 22.8 Å². The maximum atomic E-state index is 5.97. The molecule has 0 bridgehead atoms. The fourth-order valence-corrected chi connectivity index (χ4v) is 2.66. The van der Waals surface area contributed by atoms with Gasteiger partial charge in [0.05, 0.1) is 10.6 Å². The van der Waals surface area contributed by atoms with E-state index in [-0.39, 0.29) is 0 Å². The molecule has 0 unspecified atom stereocenters. The Morgan fingerprint density at radius 3 is 2.67 bits per heavy atom. The van der Waals surface area contributed by atoms with Gasteiger partial charge in [0.25, 0.3) is 5.89 Å². The lowest BCUT2D eigenvalue weighted by molar-refractivity contribution is 0.432. The van der Waals surface area contributed by atoms with Crippen LogP contribution in [0.2, 0.25) is 5.02 Å². The van der Waals surface area contributed by atoms with Crippen LogP contribution in [0.3, 0.4) is 0 Å². The van der Waals surface area contributed by atoms with E-state index in [9.17, 15) is 0 Å². The first kappa shape index (κ1) is 14.6. The molecule has 0 aliphatic heterocycles. The summed E-state index contributed by atoms with van der Waals surface area (Å²) in [5, 5.41) is 4.61. The molecule has 1 heterocycles. The molecule has 0 saturated heterocycles. The predicted octanol–water partition coefficient (Wildman–Crippen LogP) is 5.16. The first-order valence-electron chi connectivity index (χ1n) is 5.89. The van der Waals surface area contributed by atoms with Gasteiger partial charge < -0.3 is 10.3 Å². The maximum absolute atomic E-state index is 5.97. The van der Waals surface area contributed by atoms with Gasteiger partial charge in [0.2, 0.25) is 5.82 Å². The van der Waals surface area contributed by atoms with E-state index in [1.807, 2.05) is 24.3 Å². The molecule has 106 valence electrons. The molecule has 2 N–H and O–H groups in total. The Hall–Kier alpha value is -1.37. The second-order valence-corrected chi connectivity index (χ2v) is 6.46. The highest BCUT2D eigenvalue weighted by Gasteiger charge is 2.14. The molecular formula is C14H8Br2ClN3O. The summed E-state index contributed by atoms with van der Waals surface area (Å²) >= 11 is 12.7. The summed E-state index contributed by atoms with van der Waals surface area (Å²) in [5.41, 5.74) is 8.01. The molecule has 3 aromatic rings. The first-order chi connectivity index (χ1) is 10.0. The zero-order valence-electron chi connectivity index (χ0n) is 10.5. The number of halogens is 3. The van der Waals surface area contributed by atoms with E-state index >= 15 is 0 Å². The highest BCUT2D eigenvalue weighted by atomic mass is 79.9. The van der Waals surface area contributed by atoms with Crippen molar-refractivity contribution in [1.29, 1.82) is 0 Å². The van der Waals surface area contributed by atoms with Crippen molar-refractivity contribution in [3.8, 4) is 22.8 Å². The van der Waals surface area contributed by atoms with Gasteiger partial charge in [0, 0.05) is 20.2 Å². The minimum atomic E-state index is 0.370. The monoisotopic (exact) mass is 427 g/mol. The van der Waals surface area contributed by atoms with E-state index < -0.39 is 0 Å². The van der Waals surface area contributed by atoms with Gasteiger partial charge in [-0.1, -0.05) is 32.7 Å². The zero-order chi connectivity index (χ0) is 15.0. The van der Waals surface area contributed by atoms with Crippen molar-refractivity contribution < 1.29 is 4.52 Å². The number of aromatic nitrogens is 2. The summed E-state index contributed by atoms with van der Waals surface area (Å²) in [4.78, 5) is 4.38. The molecule has 0 aliphatic carbocycles. The number of nitrogens with zero attached hydrogens (tertiary/aromatic N) is 2. The Labute approximate surface area is 142 Å². The summed E-state index contributed by atoms with van der Waals surface area (Å²) in [5.74, 6) is 0.844. The third kappa shape index (κ3) is 2.97. The lowest BCUT2D eigenvalue weighted by Crippen LogP contribution is -1.90. The van der Waals surface area contributed by atoms with Crippen molar-refractivity contribution in [2.75, 3.05) is 5.73 Å². The smallest absolute Gasteiger partial charge is 0.260 e. The third-order valence-corrected chi connectivity index (χ3v) is 4.56. The molecular weight excluding hydrogens is 421 g/mol. The van der Waals surface area contributed by atoms with Crippen LogP contribution < -0.4 is 5.73 Å². The van der Waals surface area contributed by atoms with Gasteiger partial charge >= 0.3 is 0 Å². The van der Waals surface area contributed by atoms with Crippen LogP contribution in [0.5, 0.6) is 0 Å². The summed E-state index contributed by atoms with van der Waals surface area (Å²) in [7, 11) is 0. The van der Waals surface area contributed by atoms with Crippen LogP contribution in [0.15, 0.2) is 49.9 Å². The predicted molar refractivity (Wildman–Crippen MR) is 90.0 cm³/mol. The SMILES string of the molecule is Nc1ccc(Br)cc1-c1nc(-c2ccc(Cl)c(Br)c2)no1. The average molecular weight is 429 g/mol. The summed E-state index contributed by atoms with van der Waals surface area (Å²) in [6.07, 6.45) is 0. The fourth-order valence-electron chi connectivity index (χ4n) is 1.80. The summed E-state index contributed by atoms with van der Waals surface area (Å²) in [6.45, 7) is 0. The lowest BCUT2D eigenvalue weighted by atomic mass is 10.2. The van der Waals surface area contributed by atoms with Gasteiger partial charge in [-0.25, -0.2) is 0 Å². The molecule has 0 atom stereocenters. The molecule has 0 spiro atoms. The molecule has 0 fully saturated rings. The molecule has 21 heavy (non-hydrogen) atoms. The number of hydrogen-bond acceptors (Lipinski definition) is 4. The second-order valence-electron chi connectivity index (χ2n) is 4.28. The van der Waals surface area contributed by atoms with Crippen LogP contribution in [-0.4, -0.2) is 10.1 Å². The Bertz CT molecular complexity index is 820. The number of hydrogen-bond donors (Lipinski definition) is 1. The number of nitrogens with two attached hydrogens (primary N) is 1. The molecule has 0 aliphatic rings. The largest absolute Gasteiger partial charge is 0.398 e. The molecule has 7 heteroatoms. The lowest BCUT2D eigenvalue weighted by Gasteiger charge is -2.00. The van der Waals surface area contributed by atoms with Gasteiger partial charge in [0.15, 0.2) is 0 Å². The normalized spacial score (nSPS) is 10.8. The highest BCUT2D eigenvalue weighted by Crippen LogP contribution is 2.31. The molecule has 1 aromatic heterocycles. The van der Waals surface area contributed by atoms with Crippen molar-refractivity contribution in [2.24, 2.45) is 0 Å². The number of nitrogen functional groups attached to an aromatic ring is 1. The van der Waals surface area contributed by atoms with Gasteiger partial charge in [-0.2, -0.15) is 4.98 Å². The van der Waals surface area contributed by atoms with Crippen molar-refractivity contribution in [1.82, 2.24) is 10.1 Å². The van der Waals surface area contributed by atoms with Crippen molar-refractivity contribution in [3.05, 3.63) is 50.4 Å². The first-order valence-corrected chi connectivity index (χ1v) is 7.85. The molecule has 4 nitrogen and oxygen atoms in total. The quantitative estimate of drug-likeness (QED) is 0.571. The van der Waals surface area contributed by atoms with Crippen LogP contribution in [0.4, 0.5) is 5.69 Å². The number of anilines is 1. The van der Waals surface area contributed by atoms with E-state index in [0.717, 1.165) is 14.5 Å². The summed E-state index contributed by atoms with van der Waals surface area (Å²) < 4.78 is 6.96. The van der Waals surface area contributed by atoms with E-state index in [1.165, 1.54) is 0 Å². The molecule has 0 saturated carbocycles. The van der Waals surface area contributed by atoms with E-state index in [2.05, 4.69) is 42.0 Å². The summed E-state index contributed by atoms with van der Waals surface area (Å²) in [6, 6.07) is 10.9. The Balaban J connectivity index is 2.03. The molecule has 0 radical (unpaired) electrons. The van der Waals surface area contributed by atoms with Gasteiger partial charge in [-0.15, -0.1) is 0 Å². The van der Waals surface area contributed by atoms with E-state index in [1.54, 1.807) is 12.1 Å². The minimum Gasteiger partial charge on any atom is -0.398 e. The highest BCUT2D eigenvalue weighted by molar-refractivity contribution is 9.10. The van der Waals surface area contributed by atoms with Gasteiger partial charge in [0.1, 0.15) is 0 Å². The van der Waals surface area contributed by atoms with Crippen LogP contribution in [0, 0.1) is 0 Å². The second kappa shape index (κ2) is 5.79. The topological polar surface area (TPSA) is 64.9 Å². The van der Waals surface area contributed by atoms with E-state index in [4.69, 9.17) is 21.9 Å². The van der Waals surface area contributed by atoms with Crippen LogP contribution >= 0.6 is 43.5 Å². The van der Waals surface area contributed by atoms with Crippen LogP contribution in [-0.2, 0) is 0 Å². The van der Waals surface area contributed by atoms with Gasteiger partial charge in [-0.3, -0.25) is 0 Å². The minimum absolute atomic E-state index is 0.370. The van der Waals surface area contributed by atoms with E-state index in [0.29, 0.717) is 28.0 Å². The average Bonchev–Trinajstić information content (AvgIpc) is 2.94. The van der Waals surface area contributed by atoms with Crippen molar-refractivity contribution in [2.45, 2.75) is 0 Å². The van der Waals surface area contributed by atoms with Gasteiger partial charge in [-0.05, 0) is 52.3 Å². The molecule has 2 aromatic carbocycles. The van der Waals surface area contributed by atoms with Crippen LogP contribution in [0.1, 0.15) is 0 Å². The zero-order valence-corrected chi connectivity index (χ0v) is 14.4. The van der Waals surface area contributed by atoms with Crippen molar-refractivity contribution >= 4 is 49.1 Å². The maximum Gasteiger partial charge on any atom is 0.260 e. The van der Waals surface area contributed by atoms with Crippen molar-refractivity contribution in [3.63, 3.8) is 0 Å². The third-order valence-electron chi connectivity index (χ3n) is 2.85. The fraction of sp³-hybridized carbons (Fsp3) is 0. The standard InChI is InChI=1S/C14H8Br2ClN3O/c15-8-2-4-12(18)9(6-8)14-19-13(20-21-14)7-1-3-11(17)10(16)5-7/h1-6H,18H2. The number of rotatable bonds is 2. The molecule has 0 amide bonds. The number of benzene rings is 2. The Kier molecular flexibility index (Phi) is 4.01.